The molecular formula is C29H39F2N3O2S. The molecule has 1 aromatic carbocycles. The fourth-order valence-corrected chi connectivity index (χ4v) is 7.03. The fourth-order valence-electron chi connectivity index (χ4n) is 6.38. The van der Waals surface area contributed by atoms with Crippen LogP contribution in [0.1, 0.15) is 67.0 Å². The Morgan fingerprint density at radius 1 is 1.19 bits per heavy atom. The molecule has 3 aliphatic rings. The van der Waals surface area contributed by atoms with Crippen LogP contribution >= 0.6 is 11.3 Å². The van der Waals surface area contributed by atoms with Gasteiger partial charge in [0.1, 0.15) is 6.04 Å². The van der Waals surface area contributed by atoms with E-state index in [9.17, 15) is 18.7 Å². The molecule has 1 N–H and O–H groups in total. The van der Waals surface area contributed by atoms with Gasteiger partial charge in [0, 0.05) is 43.5 Å². The Bertz CT molecular complexity index is 1040. The van der Waals surface area contributed by atoms with Crippen molar-refractivity contribution in [2.45, 2.75) is 69.8 Å². The Morgan fingerprint density at radius 2 is 1.97 bits per heavy atom. The molecule has 1 aromatic heterocycles. The maximum atomic E-state index is 14.5. The van der Waals surface area contributed by atoms with Crippen LogP contribution in [-0.4, -0.2) is 64.6 Å². The number of alkyl halides is 2. The zero-order valence-electron chi connectivity index (χ0n) is 21.7. The Labute approximate surface area is 222 Å². The van der Waals surface area contributed by atoms with E-state index in [0.29, 0.717) is 30.1 Å². The first-order chi connectivity index (χ1) is 17.8. The zero-order valence-corrected chi connectivity index (χ0v) is 22.5. The van der Waals surface area contributed by atoms with Crippen LogP contribution in [0, 0.1) is 24.7 Å². The van der Waals surface area contributed by atoms with Crippen molar-refractivity contribution in [3.63, 3.8) is 0 Å². The summed E-state index contributed by atoms with van der Waals surface area (Å²) in [6.07, 6.45) is 6.82. The molecule has 3 fully saturated rings. The maximum absolute atomic E-state index is 14.5. The van der Waals surface area contributed by atoms with Crippen LogP contribution in [0.4, 0.5) is 8.78 Å². The van der Waals surface area contributed by atoms with E-state index in [-0.39, 0.29) is 11.4 Å². The number of likely N-dealkylation sites (tertiary alicyclic amines) is 2. The van der Waals surface area contributed by atoms with Crippen molar-refractivity contribution in [3.8, 4) is 0 Å². The number of carbonyl (C=O) groups is 1. The van der Waals surface area contributed by atoms with Crippen molar-refractivity contribution in [2.24, 2.45) is 17.8 Å². The number of carboxylic acid groups (broad SMARTS) is 1. The van der Waals surface area contributed by atoms with Crippen LogP contribution in [0.5, 0.6) is 0 Å². The summed E-state index contributed by atoms with van der Waals surface area (Å²) in [4.78, 5) is 20.7. The first kappa shape index (κ1) is 26.7. The third kappa shape index (κ3) is 6.76. The molecule has 37 heavy (non-hydrogen) atoms. The highest BCUT2D eigenvalue weighted by Gasteiger charge is 2.42. The van der Waals surface area contributed by atoms with Crippen LogP contribution in [-0.2, 0) is 10.7 Å². The number of benzene rings is 1. The van der Waals surface area contributed by atoms with Crippen LogP contribution in [0.3, 0.4) is 0 Å². The third-order valence-electron chi connectivity index (χ3n) is 8.73. The number of piperidine rings is 1. The Hall–Kier alpha value is -1.90. The quantitative estimate of drug-likeness (QED) is 0.385. The van der Waals surface area contributed by atoms with E-state index in [2.05, 4.69) is 46.0 Å². The van der Waals surface area contributed by atoms with E-state index >= 15 is 0 Å². The van der Waals surface area contributed by atoms with E-state index in [1.54, 1.807) is 5.38 Å². The minimum atomic E-state index is -2.83. The van der Waals surface area contributed by atoms with E-state index in [1.807, 2.05) is 0 Å². The molecule has 8 heteroatoms. The number of hydrogen-bond acceptors (Lipinski definition) is 5. The molecule has 0 amide bonds. The largest absolute Gasteiger partial charge is 0.480 e. The predicted octanol–water partition coefficient (Wildman–Crippen LogP) is 6.00. The average Bonchev–Trinajstić information content (AvgIpc) is 3.34. The summed E-state index contributed by atoms with van der Waals surface area (Å²) in [5, 5.41) is 11.5. The Morgan fingerprint density at radius 3 is 2.62 bits per heavy atom. The SMILES string of the molecule is Cc1cccc(C2CN(C(CC3CC3)C(=O)O)CC2CN2CCC(CCC(F)(F)c3nccs3)CC2)c1. The molecule has 1 aliphatic carbocycles. The summed E-state index contributed by atoms with van der Waals surface area (Å²) in [5.74, 6) is -1.94. The molecule has 3 atom stereocenters. The van der Waals surface area contributed by atoms with Gasteiger partial charge in [-0.3, -0.25) is 9.69 Å². The highest BCUT2D eigenvalue weighted by molar-refractivity contribution is 7.09. The van der Waals surface area contributed by atoms with Gasteiger partial charge in [0.2, 0.25) is 0 Å². The van der Waals surface area contributed by atoms with Gasteiger partial charge in [0.25, 0.3) is 5.92 Å². The summed E-state index contributed by atoms with van der Waals surface area (Å²) in [6.45, 7) is 6.50. The Kier molecular flexibility index (Phi) is 8.27. The highest BCUT2D eigenvalue weighted by Crippen LogP contribution is 2.40. The van der Waals surface area contributed by atoms with Crippen molar-refractivity contribution in [2.75, 3.05) is 32.7 Å². The zero-order chi connectivity index (χ0) is 26.0. The van der Waals surface area contributed by atoms with Gasteiger partial charge in [0.05, 0.1) is 0 Å². The number of hydrogen-bond donors (Lipinski definition) is 1. The minimum absolute atomic E-state index is 0.0701. The van der Waals surface area contributed by atoms with Crippen LogP contribution in [0.25, 0.3) is 0 Å². The van der Waals surface area contributed by atoms with Gasteiger partial charge >= 0.3 is 5.97 Å². The first-order valence-corrected chi connectivity index (χ1v) is 14.7. The number of aryl methyl sites for hydroxylation is 1. The van der Waals surface area contributed by atoms with Gasteiger partial charge in [-0.1, -0.05) is 42.7 Å². The fraction of sp³-hybridized carbons (Fsp3) is 0.655. The number of halogens is 2. The molecular weight excluding hydrogens is 492 g/mol. The second-order valence-corrected chi connectivity index (χ2v) is 12.5. The number of thiazole rings is 1. The molecule has 3 unspecified atom stereocenters. The molecule has 0 radical (unpaired) electrons. The van der Waals surface area contributed by atoms with Crippen molar-refractivity contribution in [1.82, 2.24) is 14.8 Å². The lowest BCUT2D eigenvalue weighted by Gasteiger charge is -2.35. The predicted molar refractivity (Wildman–Crippen MR) is 142 cm³/mol. The molecule has 0 spiro atoms. The molecule has 1 saturated carbocycles. The van der Waals surface area contributed by atoms with E-state index in [0.717, 1.165) is 76.2 Å². The van der Waals surface area contributed by atoms with Crippen molar-refractivity contribution in [1.29, 1.82) is 0 Å². The summed E-state index contributed by atoms with van der Waals surface area (Å²) >= 11 is 1.03. The van der Waals surface area contributed by atoms with Crippen molar-refractivity contribution < 1.29 is 18.7 Å². The number of nitrogens with zero attached hydrogens (tertiary/aromatic N) is 3. The van der Waals surface area contributed by atoms with Gasteiger partial charge in [-0.2, -0.15) is 8.78 Å². The number of aliphatic carboxylic acids is 1. The van der Waals surface area contributed by atoms with E-state index < -0.39 is 17.9 Å². The third-order valence-corrected chi connectivity index (χ3v) is 9.62. The average molecular weight is 532 g/mol. The standard InChI is InChI=1S/C29H39F2N3O2S/c1-20-3-2-4-23(15-20)25-19-34(26(27(35)36)16-22-5-6-22)18-24(25)17-33-12-8-21(9-13-33)7-10-29(30,31)28-32-11-14-37-28/h2-4,11,14-15,21-22,24-26H,5-10,12-13,16-19H2,1H3,(H,35,36). The first-order valence-electron chi connectivity index (χ1n) is 13.8. The molecule has 202 valence electrons. The molecule has 2 aliphatic heterocycles. The lowest BCUT2D eigenvalue weighted by atomic mass is 9.86. The van der Waals surface area contributed by atoms with Gasteiger partial charge in [-0.25, -0.2) is 4.98 Å². The van der Waals surface area contributed by atoms with Crippen molar-refractivity contribution in [3.05, 3.63) is 52.0 Å². The second-order valence-electron chi connectivity index (χ2n) is 11.6. The topological polar surface area (TPSA) is 56.7 Å². The van der Waals surface area contributed by atoms with Crippen LogP contribution < -0.4 is 0 Å². The molecule has 2 saturated heterocycles. The van der Waals surface area contributed by atoms with Gasteiger partial charge in [0.15, 0.2) is 5.01 Å². The van der Waals surface area contributed by atoms with E-state index in [1.165, 1.54) is 17.3 Å². The Balaban J connectivity index is 1.19. The van der Waals surface area contributed by atoms with Crippen LogP contribution in [0.15, 0.2) is 35.8 Å². The van der Waals surface area contributed by atoms with E-state index in [4.69, 9.17) is 0 Å². The lowest BCUT2D eigenvalue weighted by Crippen LogP contribution is -2.42. The van der Waals surface area contributed by atoms with Gasteiger partial charge < -0.3 is 10.0 Å². The van der Waals surface area contributed by atoms with Crippen LogP contribution in [0.2, 0.25) is 0 Å². The summed E-state index contributed by atoms with van der Waals surface area (Å²) in [6, 6.07) is 8.28. The normalized spacial score (nSPS) is 24.9. The van der Waals surface area contributed by atoms with Crippen molar-refractivity contribution >= 4 is 17.3 Å². The number of aromatic nitrogens is 1. The minimum Gasteiger partial charge on any atom is -0.480 e. The molecule has 3 heterocycles. The summed E-state index contributed by atoms with van der Waals surface area (Å²) in [7, 11) is 0. The van der Waals surface area contributed by atoms with Gasteiger partial charge in [-0.05, 0) is 69.0 Å². The number of rotatable bonds is 11. The molecule has 0 bridgehead atoms. The lowest BCUT2D eigenvalue weighted by molar-refractivity contribution is -0.143. The summed E-state index contributed by atoms with van der Waals surface area (Å²) < 4.78 is 28.9. The molecule has 5 nitrogen and oxygen atoms in total. The second kappa shape index (κ2) is 11.5. The number of carboxylic acids is 1. The smallest absolute Gasteiger partial charge is 0.320 e. The molecule has 2 aromatic rings. The van der Waals surface area contributed by atoms with Gasteiger partial charge in [-0.15, -0.1) is 11.3 Å². The monoisotopic (exact) mass is 531 g/mol. The maximum Gasteiger partial charge on any atom is 0.320 e. The molecule has 5 rings (SSSR count). The highest BCUT2D eigenvalue weighted by atomic mass is 32.1. The summed E-state index contributed by atoms with van der Waals surface area (Å²) in [5.41, 5.74) is 2.54.